The lowest BCUT2D eigenvalue weighted by atomic mass is 10.1. The third-order valence-electron chi connectivity index (χ3n) is 2.94. The largest absolute Gasteiger partial charge is 0.497 e. The van der Waals surface area contributed by atoms with E-state index in [1.54, 1.807) is 14.2 Å². The zero-order chi connectivity index (χ0) is 13.9. The van der Waals surface area contributed by atoms with Crippen molar-refractivity contribution in [2.45, 2.75) is 19.4 Å². The van der Waals surface area contributed by atoms with Crippen molar-refractivity contribution in [1.29, 1.82) is 0 Å². The Morgan fingerprint density at radius 2 is 2.00 bits per heavy atom. The van der Waals surface area contributed by atoms with Crippen LogP contribution in [0.1, 0.15) is 24.9 Å². The summed E-state index contributed by atoms with van der Waals surface area (Å²) < 4.78 is 15.6. The molecule has 0 radical (unpaired) electrons. The van der Waals surface area contributed by atoms with Crippen molar-refractivity contribution in [3.63, 3.8) is 0 Å². The fraction of sp³-hybridized carbons (Fsp3) is 0.600. The van der Waals surface area contributed by atoms with Crippen LogP contribution >= 0.6 is 0 Å². The molecule has 0 heterocycles. The van der Waals surface area contributed by atoms with Gasteiger partial charge in [-0.15, -0.1) is 0 Å². The van der Waals surface area contributed by atoms with E-state index >= 15 is 0 Å². The molecule has 1 atom stereocenters. The molecule has 0 spiro atoms. The number of nitrogens with one attached hydrogen (secondary N) is 1. The summed E-state index contributed by atoms with van der Waals surface area (Å²) in [6.45, 7) is 5.18. The quantitative estimate of drug-likeness (QED) is 0.661. The Balaban J connectivity index is 2.18. The summed E-state index contributed by atoms with van der Waals surface area (Å²) in [4.78, 5) is 0. The van der Waals surface area contributed by atoms with Crippen LogP contribution in [0.25, 0.3) is 0 Å². The lowest BCUT2D eigenvalue weighted by Gasteiger charge is -2.15. The van der Waals surface area contributed by atoms with E-state index < -0.39 is 0 Å². The van der Waals surface area contributed by atoms with Gasteiger partial charge in [0.2, 0.25) is 0 Å². The zero-order valence-electron chi connectivity index (χ0n) is 12.1. The highest BCUT2D eigenvalue weighted by atomic mass is 16.5. The van der Waals surface area contributed by atoms with Crippen LogP contribution in [0.4, 0.5) is 0 Å². The summed E-state index contributed by atoms with van der Waals surface area (Å²) >= 11 is 0. The molecule has 0 aromatic heterocycles. The van der Waals surface area contributed by atoms with Gasteiger partial charge in [0.05, 0.1) is 20.3 Å². The minimum Gasteiger partial charge on any atom is -0.497 e. The molecular formula is C15H25NO3. The molecule has 0 unspecified atom stereocenters. The molecular weight excluding hydrogens is 242 g/mol. The smallest absolute Gasteiger partial charge is 0.119 e. The highest BCUT2D eigenvalue weighted by Gasteiger charge is 2.05. The molecule has 1 aromatic rings. The van der Waals surface area contributed by atoms with E-state index in [0.29, 0.717) is 19.3 Å². The van der Waals surface area contributed by atoms with E-state index in [4.69, 9.17) is 14.2 Å². The summed E-state index contributed by atoms with van der Waals surface area (Å²) in [7, 11) is 3.37. The molecule has 1 rings (SSSR count). The van der Waals surface area contributed by atoms with Gasteiger partial charge in [0, 0.05) is 19.8 Å². The standard InChI is InChI=1S/C15H25NO3/c1-13(14-6-4-7-15(12-14)18-3)16-8-5-9-19-11-10-17-2/h4,6-7,12-13,16H,5,8-11H2,1-3H3/t13-/m0/s1. The van der Waals surface area contributed by atoms with Crippen LogP contribution in [-0.4, -0.2) is 40.6 Å². The number of methoxy groups -OCH3 is 2. The second-order valence-electron chi connectivity index (χ2n) is 4.41. The van der Waals surface area contributed by atoms with E-state index in [1.807, 2.05) is 12.1 Å². The maximum Gasteiger partial charge on any atom is 0.119 e. The average molecular weight is 267 g/mol. The van der Waals surface area contributed by atoms with Gasteiger partial charge in [-0.3, -0.25) is 0 Å². The van der Waals surface area contributed by atoms with Crippen LogP contribution in [-0.2, 0) is 9.47 Å². The van der Waals surface area contributed by atoms with Gasteiger partial charge in [-0.1, -0.05) is 12.1 Å². The van der Waals surface area contributed by atoms with Crippen molar-refractivity contribution in [2.75, 3.05) is 40.6 Å². The average Bonchev–Trinajstić information content (AvgIpc) is 2.46. The third-order valence-corrected chi connectivity index (χ3v) is 2.94. The number of hydrogen-bond acceptors (Lipinski definition) is 4. The predicted molar refractivity (Wildman–Crippen MR) is 76.7 cm³/mol. The molecule has 0 fully saturated rings. The summed E-state index contributed by atoms with van der Waals surface area (Å²) in [6.07, 6.45) is 0.998. The molecule has 0 amide bonds. The molecule has 108 valence electrons. The maximum atomic E-state index is 5.41. The Labute approximate surface area is 116 Å². The molecule has 4 nitrogen and oxygen atoms in total. The van der Waals surface area contributed by atoms with Gasteiger partial charge < -0.3 is 19.5 Å². The molecule has 0 bridgehead atoms. The van der Waals surface area contributed by atoms with Gasteiger partial charge >= 0.3 is 0 Å². The Morgan fingerprint density at radius 3 is 2.74 bits per heavy atom. The SMILES string of the molecule is COCCOCCCN[C@@H](C)c1cccc(OC)c1. The molecule has 0 saturated heterocycles. The monoisotopic (exact) mass is 267 g/mol. The lowest BCUT2D eigenvalue weighted by Crippen LogP contribution is -2.21. The normalized spacial score (nSPS) is 12.4. The Hall–Kier alpha value is -1.10. The summed E-state index contributed by atoms with van der Waals surface area (Å²) in [5.41, 5.74) is 1.24. The Morgan fingerprint density at radius 1 is 1.16 bits per heavy atom. The fourth-order valence-corrected chi connectivity index (χ4v) is 1.77. The first kappa shape index (κ1) is 16.0. The number of ether oxygens (including phenoxy) is 3. The van der Waals surface area contributed by atoms with Crippen molar-refractivity contribution >= 4 is 0 Å². The second-order valence-corrected chi connectivity index (χ2v) is 4.41. The number of benzene rings is 1. The zero-order valence-corrected chi connectivity index (χ0v) is 12.1. The van der Waals surface area contributed by atoms with Gasteiger partial charge in [-0.05, 0) is 37.6 Å². The number of hydrogen-bond donors (Lipinski definition) is 1. The van der Waals surface area contributed by atoms with Crippen molar-refractivity contribution < 1.29 is 14.2 Å². The topological polar surface area (TPSA) is 39.7 Å². The van der Waals surface area contributed by atoms with E-state index in [0.717, 1.165) is 25.3 Å². The van der Waals surface area contributed by atoms with Crippen molar-refractivity contribution in [3.8, 4) is 5.75 Å². The minimum atomic E-state index is 0.314. The van der Waals surface area contributed by atoms with Gasteiger partial charge in [-0.25, -0.2) is 0 Å². The van der Waals surface area contributed by atoms with Crippen LogP contribution in [0.2, 0.25) is 0 Å². The molecule has 0 aliphatic rings. The molecule has 0 aliphatic carbocycles. The highest BCUT2D eigenvalue weighted by Crippen LogP contribution is 2.18. The Kier molecular flexibility index (Phi) is 8.21. The van der Waals surface area contributed by atoms with E-state index in [2.05, 4.69) is 24.4 Å². The number of rotatable bonds is 10. The van der Waals surface area contributed by atoms with Gasteiger partial charge in [0.15, 0.2) is 0 Å². The van der Waals surface area contributed by atoms with E-state index in [9.17, 15) is 0 Å². The summed E-state index contributed by atoms with van der Waals surface area (Å²) in [6, 6.07) is 8.45. The first-order chi connectivity index (χ1) is 9.27. The van der Waals surface area contributed by atoms with Gasteiger partial charge in [-0.2, -0.15) is 0 Å². The Bertz CT molecular complexity index is 344. The molecule has 0 aliphatic heterocycles. The lowest BCUT2D eigenvalue weighted by molar-refractivity contribution is 0.0693. The molecule has 0 saturated carbocycles. The van der Waals surface area contributed by atoms with Gasteiger partial charge in [0.1, 0.15) is 5.75 Å². The molecule has 1 N–H and O–H groups in total. The summed E-state index contributed by atoms with van der Waals surface area (Å²) in [5.74, 6) is 0.897. The van der Waals surface area contributed by atoms with Crippen LogP contribution in [0.3, 0.4) is 0 Å². The first-order valence-corrected chi connectivity index (χ1v) is 6.72. The minimum absolute atomic E-state index is 0.314. The van der Waals surface area contributed by atoms with E-state index in [-0.39, 0.29) is 0 Å². The maximum absolute atomic E-state index is 5.41. The predicted octanol–water partition coefficient (Wildman–Crippen LogP) is 2.40. The molecule has 1 aromatic carbocycles. The van der Waals surface area contributed by atoms with Crippen LogP contribution in [0, 0.1) is 0 Å². The summed E-state index contributed by atoms with van der Waals surface area (Å²) in [5, 5.41) is 3.47. The molecule has 19 heavy (non-hydrogen) atoms. The molecule has 4 heteroatoms. The van der Waals surface area contributed by atoms with Crippen molar-refractivity contribution in [1.82, 2.24) is 5.32 Å². The third kappa shape index (κ3) is 6.57. The fourth-order valence-electron chi connectivity index (χ4n) is 1.77. The van der Waals surface area contributed by atoms with Crippen molar-refractivity contribution in [3.05, 3.63) is 29.8 Å². The van der Waals surface area contributed by atoms with Crippen LogP contribution in [0.15, 0.2) is 24.3 Å². The first-order valence-electron chi connectivity index (χ1n) is 6.72. The second kappa shape index (κ2) is 9.78. The highest BCUT2D eigenvalue weighted by molar-refractivity contribution is 5.30. The van der Waals surface area contributed by atoms with Crippen molar-refractivity contribution in [2.24, 2.45) is 0 Å². The van der Waals surface area contributed by atoms with Gasteiger partial charge in [0.25, 0.3) is 0 Å². The van der Waals surface area contributed by atoms with E-state index in [1.165, 1.54) is 5.56 Å². The van der Waals surface area contributed by atoms with Crippen LogP contribution in [0.5, 0.6) is 5.75 Å². The van der Waals surface area contributed by atoms with Crippen LogP contribution < -0.4 is 10.1 Å².